The fourth-order valence-corrected chi connectivity index (χ4v) is 2.89. The highest BCUT2D eigenvalue weighted by molar-refractivity contribution is 6.30. The Labute approximate surface area is 122 Å². The van der Waals surface area contributed by atoms with Gasteiger partial charge >= 0.3 is 0 Å². The van der Waals surface area contributed by atoms with Gasteiger partial charge in [0.05, 0.1) is 0 Å². The normalized spacial score (nSPS) is 17.9. The molecule has 0 spiro atoms. The van der Waals surface area contributed by atoms with Gasteiger partial charge in [-0.1, -0.05) is 41.7 Å². The van der Waals surface area contributed by atoms with Gasteiger partial charge in [-0.3, -0.25) is 4.79 Å². The van der Waals surface area contributed by atoms with Crippen LogP contribution in [0.25, 0.3) is 0 Å². The summed E-state index contributed by atoms with van der Waals surface area (Å²) in [5.41, 5.74) is 5.77. The molecule has 108 valence electrons. The average Bonchev–Trinajstić information content (AvgIpc) is 2.95. The number of nitrogens with zero attached hydrogens (tertiary/aromatic N) is 1. The summed E-state index contributed by atoms with van der Waals surface area (Å²) in [6, 6.07) is 7.30. The molecule has 2 rings (SSSR count). The third kappa shape index (κ3) is 2.88. The fourth-order valence-electron chi connectivity index (χ4n) is 2.67. The van der Waals surface area contributed by atoms with Crippen LogP contribution in [0.5, 0.6) is 0 Å². The lowest BCUT2D eigenvalue weighted by molar-refractivity contribution is -0.127. The number of halogens is 1. The van der Waals surface area contributed by atoms with E-state index in [2.05, 4.69) is 10.5 Å². The summed E-state index contributed by atoms with van der Waals surface area (Å²) in [7, 11) is 0. The van der Waals surface area contributed by atoms with Gasteiger partial charge < -0.3 is 16.3 Å². The van der Waals surface area contributed by atoms with Crippen molar-refractivity contribution in [1.82, 2.24) is 5.32 Å². The van der Waals surface area contributed by atoms with Crippen molar-refractivity contribution in [1.29, 1.82) is 0 Å². The standard InChI is InChI=1S/C14H18ClN3O2/c15-11-5-3-4-10(8-11)9-17-13(19)14(12(16)18-20)6-1-2-7-14/h3-5,8,20H,1-2,6-7,9H2,(H2,16,18)(H,17,19). The number of rotatable bonds is 4. The minimum Gasteiger partial charge on any atom is -0.409 e. The van der Waals surface area contributed by atoms with Crippen molar-refractivity contribution in [3.8, 4) is 0 Å². The molecule has 4 N–H and O–H groups in total. The molecule has 1 amide bonds. The van der Waals surface area contributed by atoms with Crippen molar-refractivity contribution >= 4 is 23.3 Å². The minimum absolute atomic E-state index is 0.00130. The van der Waals surface area contributed by atoms with Crippen molar-refractivity contribution in [2.24, 2.45) is 16.3 Å². The summed E-state index contributed by atoms with van der Waals surface area (Å²) in [4.78, 5) is 12.4. The van der Waals surface area contributed by atoms with E-state index in [1.807, 2.05) is 12.1 Å². The molecule has 6 heteroatoms. The Morgan fingerprint density at radius 2 is 2.15 bits per heavy atom. The largest absolute Gasteiger partial charge is 0.409 e. The molecular weight excluding hydrogens is 278 g/mol. The SMILES string of the molecule is NC(=NO)C1(C(=O)NCc2cccc(Cl)c2)CCCC1. The van der Waals surface area contributed by atoms with E-state index in [1.165, 1.54) is 0 Å². The number of amides is 1. The van der Waals surface area contributed by atoms with Gasteiger partial charge in [0, 0.05) is 11.6 Å². The van der Waals surface area contributed by atoms with E-state index in [1.54, 1.807) is 12.1 Å². The Hall–Kier alpha value is -1.75. The molecule has 20 heavy (non-hydrogen) atoms. The van der Waals surface area contributed by atoms with Crippen LogP contribution in [0.15, 0.2) is 29.4 Å². The lowest BCUT2D eigenvalue weighted by atomic mass is 9.83. The smallest absolute Gasteiger partial charge is 0.234 e. The first kappa shape index (κ1) is 14.7. The first-order valence-corrected chi connectivity index (χ1v) is 6.97. The van der Waals surface area contributed by atoms with E-state index in [0.717, 1.165) is 18.4 Å². The van der Waals surface area contributed by atoms with Gasteiger partial charge in [-0.15, -0.1) is 0 Å². The number of hydrogen-bond donors (Lipinski definition) is 3. The number of oxime groups is 1. The molecule has 0 bridgehead atoms. The molecule has 1 aromatic carbocycles. The molecule has 0 atom stereocenters. The van der Waals surface area contributed by atoms with Crippen molar-refractivity contribution < 1.29 is 10.0 Å². The molecule has 0 aromatic heterocycles. The monoisotopic (exact) mass is 295 g/mol. The second kappa shape index (κ2) is 6.13. The van der Waals surface area contributed by atoms with Crippen LogP contribution in [0.4, 0.5) is 0 Å². The predicted octanol–water partition coefficient (Wildman–Crippen LogP) is 2.26. The van der Waals surface area contributed by atoms with Crippen molar-refractivity contribution in [2.45, 2.75) is 32.2 Å². The number of carbonyl (C=O) groups excluding carboxylic acids is 1. The van der Waals surface area contributed by atoms with E-state index < -0.39 is 5.41 Å². The molecular formula is C14H18ClN3O2. The summed E-state index contributed by atoms with van der Waals surface area (Å²) in [6.07, 6.45) is 3.04. The Bertz CT molecular complexity index is 525. The molecule has 0 saturated heterocycles. The van der Waals surface area contributed by atoms with Crippen LogP contribution < -0.4 is 11.1 Å². The van der Waals surface area contributed by atoms with Crippen LogP contribution >= 0.6 is 11.6 Å². The van der Waals surface area contributed by atoms with Gasteiger partial charge in [-0.05, 0) is 30.5 Å². The van der Waals surface area contributed by atoms with Crippen LogP contribution in [0.2, 0.25) is 5.02 Å². The van der Waals surface area contributed by atoms with E-state index in [9.17, 15) is 4.79 Å². The maximum Gasteiger partial charge on any atom is 0.234 e. The van der Waals surface area contributed by atoms with Gasteiger partial charge in [0.2, 0.25) is 5.91 Å². The second-order valence-corrected chi connectivity index (χ2v) is 5.52. The van der Waals surface area contributed by atoms with E-state index in [0.29, 0.717) is 24.4 Å². The Balaban J connectivity index is 2.07. The van der Waals surface area contributed by atoms with Crippen LogP contribution in [0.1, 0.15) is 31.2 Å². The highest BCUT2D eigenvalue weighted by atomic mass is 35.5. The Kier molecular flexibility index (Phi) is 4.49. The first-order valence-electron chi connectivity index (χ1n) is 6.59. The highest BCUT2D eigenvalue weighted by Crippen LogP contribution is 2.38. The third-order valence-electron chi connectivity index (χ3n) is 3.83. The lowest BCUT2D eigenvalue weighted by Crippen LogP contribution is -2.48. The molecule has 0 aliphatic heterocycles. The molecule has 1 aliphatic rings. The first-order chi connectivity index (χ1) is 9.58. The summed E-state index contributed by atoms with van der Waals surface area (Å²) < 4.78 is 0. The zero-order chi connectivity index (χ0) is 14.6. The number of nitrogens with two attached hydrogens (primary N) is 1. The number of carbonyl (C=O) groups is 1. The molecule has 1 fully saturated rings. The zero-order valence-electron chi connectivity index (χ0n) is 11.1. The van der Waals surface area contributed by atoms with Gasteiger partial charge in [-0.25, -0.2) is 0 Å². The Morgan fingerprint density at radius 1 is 1.45 bits per heavy atom. The zero-order valence-corrected chi connectivity index (χ0v) is 11.9. The summed E-state index contributed by atoms with van der Waals surface area (Å²) >= 11 is 5.90. The third-order valence-corrected chi connectivity index (χ3v) is 4.07. The van der Waals surface area contributed by atoms with Crippen molar-refractivity contribution in [3.05, 3.63) is 34.9 Å². The quantitative estimate of drug-likeness (QED) is 0.344. The second-order valence-electron chi connectivity index (χ2n) is 5.09. The highest BCUT2D eigenvalue weighted by Gasteiger charge is 2.45. The molecule has 1 aliphatic carbocycles. The Morgan fingerprint density at radius 3 is 2.75 bits per heavy atom. The van der Waals surface area contributed by atoms with Crippen LogP contribution in [0, 0.1) is 5.41 Å². The fraction of sp³-hybridized carbons (Fsp3) is 0.429. The summed E-state index contributed by atoms with van der Waals surface area (Å²) in [6.45, 7) is 0.375. The van der Waals surface area contributed by atoms with Crippen LogP contribution in [-0.2, 0) is 11.3 Å². The summed E-state index contributed by atoms with van der Waals surface area (Å²) in [5, 5.41) is 15.4. The maximum atomic E-state index is 12.4. The summed E-state index contributed by atoms with van der Waals surface area (Å²) in [5.74, 6) is -0.191. The van der Waals surface area contributed by atoms with Gasteiger partial charge in [-0.2, -0.15) is 0 Å². The number of benzene rings is 1. The number of amidine groups is 1. The maximum absolute atomic E-state index is 12.4. The van der Waals surface area contributed by atoms with Crippen molar-refractivity contribution in [2.75, 3.05) is 0 Å². The average molecular weight is 296 g/mol. The number of hydrogen-bond acceptors (Lipinski definition) is 3. The molecule has 1 saturated carbocycles. The van der Waals surface area contributed by atoms with Crippen molar-refractivity contribution in [3.63, 3.8) is 0 Å². The lowest BCUT2D eigenvalue weighted by Gasteiger charge is -2.26. The van der Waals surface area contributed by atoms with Gasteiger partial charge in [0.1, 0.15) is 5.41 Å². The molecule has 5 nitrogen and oxygen atoms in total. The topological polar surface area (TPSA) is 87.7 Å². The van der Waals surface area contributed by atoms with E-state index in [4.69, 9.17) is 22.5 Å². The molecule has 1 aromatic rings. The van der Waals surface area contributed by atoms with E-state index >= 15 is 0 Å². The molecule has 0 unspecified atom stereocenters. The number of nitrogens with one attached hydrogen (secondary N) is 1. The molecule has 0 heterocycles. The predicted molar refractivity (Wildman–Crippen MR) is 77.6 cm³/mol. The van der Waals surface area contributed by atoms with Gasteiger partial charge in [0.15, 0.2) is 5.84 Å². The van der Waals surface area contributed by atoms with Gasteiger partial charge in [0.25, 0.3) is 0 Å². The van der Waals surface area contributed by atoms with Crippen LogP contribution in [0.3, 0.4) is 0 Å². The molecule has 0 radical (unpaired) electrons. The van der Waals surface area contributed by atoms with Crippen LogP contribution in [-0.4, -0.2) is 17.0 Å². The van der Waals surface area contributed by atoms with E-state index in [-0.39, 0.29) is 11.7 Å². The minimum atomic E-state index is -0.868.